The van der Waals surface area contributed by atoms with Gasteiger partial charge in [-0.3, -0.25) is 5.01 Å². The van der Waals surface area contributed by atoms with Gasteiger partial charge in [0.15, 0.2) is 0 Å². The summed E-state index contributed by atoms with van der Waals surface area (Å²) in [6.45, 7) is 2.31. The molecule has 3 N–H and O–H groups in total. The maximum absolute atomic E-state index is 5.74. The van der Waals surface area contributed by atoms with E-state index in [1.165, 1.54) is 0 Å². The van der Waals surface area contributed by atoms with Gasteiger partial charge in [-0.25, -0.2) is 5.43 Å². The van der Waals surface area contributed by atoms with Crippen LogP contribution in [0.15, 0.2) is 0 Å². The van der Waals surface area contributed by atoms with E-state index in [0.717, 1.165) is 26.1 Å². The van der Waals surface area contributed by atoms with Gasteiger partial charge in [0.05, 0.1) is 0 Å². The average Bonchev–Trinajstić information content (AvgIpc) is 2.05. The number of ether oxygens (including phenoxy) is 1. The highest BCUT2D eigenvalue weighted by atomic mass is 16.5. The van der Waals surface area contributed by atoms with Crippen molar-refractivity contribution in [1.29, 1.82) is 0 Å². The molecule has 0 unspecified atom stereocenters. The minimum Gasteiger partial charge on any atom is -0.381 e. The van der Waals surface area contributed by atoms with Crippen molar-refractivity contribution in [3.8, 4) is 0 Å². The third kappa shape index (κ3) is 2.42. The molecule has 0 saturated carbocycles. The number of nitrogens with one attached hydrogen (secondary N) is 1. The van der Waals surface area contributed by atoms with Gasteiger partial charge in [-0.15, -0.1) is 0 Å². The van der Waals surface area contributed by atoms with E-state index < -0.39 is 0 Å². The molecule has 0 spiro atoms. The van der Waals surface area contributed by atoms with Gasteiger partial charge in [0, 0.05) is 39.4 Å². The van der Waals surface area contributed by atoms with Gasteiger partial charge >= 0.3 is 0 Å². The molecule has 4 heteroatoms. The molecule has 1 rings (SSSR count). The molecule has 72 valence electrons. The number of rotatable bonds is 3. The van der Waals surface area contributed by atoms with Crippen molar-refractivity contribution < 1.29 is 4.74 Å². The van der Waals surface area contributed by atoms with Crippen LogP contribution in [0.2, 0.25) is 0 Å². The second kappa shape index (κ2) is 4.18. The summed E-state index contributed by atoms with van der Waals surface area (Å²) < 4.78 is 5.29. The molecule has 1 saturated heterocycles. The van der Waals surface area contributed by atoms with Crippen molar-refractivity contribution in [3.05, 3.63) is 0 Å². The predicted molar refractivity (Wildman–Crippen MR) is 48.7 cm³/mol. The molecule has 12 heavy (non-hydrogen) atoms. The molecule has 0 aromatic heterocycles. The van der Waals surface area contributed by atoms with Gasteiger partial charge < -0.3 is 10.5 Å². The van der Waals surface area contributed by atoms with E-state index in [4.69, 9.17) is 10.5 Å². The van der Waals surface area contributed by atoms with Crippen LogP contribution in [0.3, 0.4) is 0 Å². The third-order valence-corrected chi connectivity index (χ3v) is 2.30. The van der Waals surface area contributed by atoms with Gasteiger partial charge in [0.2, 0.25) is 0 Å². The van der Waals surface area contributed by atoms with Crippen LogP contribution in [0.5, 0.6) is 0 Å². The molecule has 0 radical (unpaired) electrons. The van der Waals surface area contributed by atoms with E-state index in [-0.39, 0.29) is 5.54 Å². The van der Waals surface area contributed by atoms with E-state index in [9.17, 15) is 0 Å². The van der Waals surface area contributed by atoms with E-state index >= 15 is 0 Å². The standard InChI is InChI=1S/C8H19N3O/c1-11(2)10-8(7-9)3-5-12-6-4-8/h10H,3-7,9H2,1-2H3. The Balaban J connectivity index is 2.48. The van der Waals surface area contributed by atoms with Crippen LogP contribution in [-0.2, 0) is 4.74 Å². The normalized spacial score (nSPS) is 23.0. The first-order chi connectivity index (χ1) is 5.68. The van der Waals surface area contributed by atoms with Gasteiger partial charge in [-0.2, -0.15) is 0 Å². The zero-order chi connectivity index (χ0) is 9.03. The van der Waals surface area contributed by atoms with E-state index in [1.54, 1.807) is 0 Å². The number of nitrogens with zero attached hydrogens (tertiary/aromatic N) is 1. The Morgan fingerprint density at radius 1 is 1.42 bits per heavy atom. The zero-order valence-corrected chi connectivity index (χ0v) is 7.97. The SMILES string of the molecule is CN(C)NC1(CN)CCOCC1. The summed E-state index contributed by atoms with van der Waals surface area (Å²) in [6, 6.07) is 0. The Morgan fingerprint density at radius 3 is 2.42 bits per heavy atom. The lowest BCUT2D eigenvalue weighted by Gasteiger charge is -2.39. The van der Waals surface area contributed by atoms with Crippen molar-refractivity contribution in [2.45, 2.75) is 18.4 Å². The highest BCUT2D eigenvalue weighted by molar-refractivity contribution is 4.89. The van der Waals surface area contributed by atoms with E-state index in [2.05, 4.69) is 5.43 Å². The molecule has 0 atom stereocenters. The molecule has 0 aliphatic carbocycles. The lowest BCUT2D eigenvalue weighted by molar-refractivity contribution is 0.0136. The van der Waals surface area contributed by atoms with Gasteiger partial charge in [-0.1, -0.05) is 0 Å². The molecule has 0 aromatic rings. The fraction of sp³-hybridized carbons (Fsp3) is 1.00. The topological polar surface area (TPSA) is 50.5 Å². The Hall–Kier alpha value is -0.160. The van der Waals surface area contributed by atoms with E-state index in [0.29, 0.717) is 6.54 Å². The molecule has 0 aromatic carbocycles. The van der Waals surface area contributed by atoms with Crippen LogP contribution in [-0.4, -0.2) is 44.4 Å². The van der Waals surface area contributed by atoms with Crippen molar-refractivity contribution in [3.63, 3.8) is 0 Å². The van der Waals surface area contributed by atoms with Crippen LogP contribution in [0.25, 0.3) is 0 Å². The highest BCUT2D eigenvalue weighted by Gasteiger charge is 2.31. The summed E-state index contributed by atoms with van der Waals surface area (Å²) in [4.78, 5) is 0. The molecule has 1 aliphatic heterocycles. The number of hydrogen-bond acceptors (Lipinski definition) is 4. The second-order valence-corrected chi connectivity index (χ2v) is 3.60. The van der Waals surface area contributed by atoms with Crippen LogP contribution in [0.4, 0.5) is 0 Å². The molecule has 0 amide bonds. The minimum absolute atomic E-state index is 0.0712. The molecule has 0 bridgehead atoms. The monoisotopic (exact) mass is 173 g/mol. The first kappa shape index (κ1) is 9.92. The Kier molecular flexibility index (Phi) is 3.46. The lowest BCUT2D eigenvalue weighted by Crippen LogP contribution is -2.58. The third-order valence-electron chi connectivity index (χ3n) is 2.30. The van der Waals surface area contributed by atoms with Crippen LogP contribution < -0.4 is 11.2 Å². The Labute approximate surface area is 74.0 Å². The lowest BCUT2D eigenvalue weighted by atomic mass is 9.91. The molecule has 1 heterocycles. The van der Waals surface area contributed by atoms with Crippen LogP contribution in [0.1, 0.15) is 12.8 Å². The molecular formula is C8H19N3O. The zero-order valence-electron chi connectivity index (χ0n) is 7.97. The fourth-order valence-corrected chi connectivity index (χ4v) is 1.60. The van der Waals surface area contributed by atoms with Gasteiger partial charge in [0.1, 0.15) is 0 Å². The van der Waals surface area contributed by atoms with Gasteiger partial charge in [0.25, 0.3) is 0 Å². The number of nitrogens with two attached hydrogens (primary N) is 1. The second-order valence-electron chi connectivity index (χ2n) is 3.60. The largest absolute Gasteiger partial charge is 0.381 e. The minimum atomic E-state index is 0.0712. The summed E-state index contributed by atoms with van der Waals surface area (Å²) in [5.41, 5.74) is 9.19. The van der Waals surface area contributed by atoms with Gasteiger partial charge in [-0.05, 0) is 12.8 Å². The highest BCUT2D eigenvalue weighted by Crippen LogP contribution is 2.19. The van der Waals surface area contributed by atoms with Crippen LogP contribution in [0, 0.1) is 0 Å². The smallest absolute Gasteiger partial charge is 0.0491 e. The summed E-state index contributed by atoms with van der Waals surface area (Å²) in [6.07, 6.45) is 2.00. The van der Waals surface area contributed by atoms with Crippen LogP contribution >= 0.6 is 0 Å². The molecule has 1 fully saturated rings. The fourth-order valence-electron chi connectivity index (χ4n) is 1.60. The summed E-state index contributed by atoms with van der Waals surface area (Å²) in [5.74, 6) is 0. The van der Waals surface area contributed by atoms with Crippen molar-refractivity contribution in [1.82, 2.24) is 10.4 Å². The number of hydrazine groups is 1. The molecule has 1 aliphatic rings. The summed E-state index contributed by atoms with van der Waals surface area (Å²) >= 11 is 0. The van der Waals surface area contributed by atoms with E-state index in [1.807, 2.05) is 19.1 Å². The quantitative estimate of drug-likeness (QED) is 0.568. The first-order valence-corrected chi connectivity index (χ1v) is 4.41. The first-order valence-electron chi connectivity index (χ1n) is 4.41. The summed E-state index contributed by atoms with van der Waals surface area (Å²) in [7, 11) is 3.99. The summed E-state index contributed by atoms with van der Waals surface area (Å²) in [5, 5.41) is 1.97. The van der Waals surface area contributed by atoms with Crippen molar-refractivity contribution >= 4 is 0 Å². The molecule has 4 nitrogen and oxygen atoms in total. The van der Waals surface area contributed by atoms with Crippen molar-refractivity contribution in [2.24, 2.45) is 5.73 Å². The number of hydrogen-bond donors (Lipinski definition) is 2. The Morgan fingerprint density at radius 2 is 2.00 bits per heavy atom. The maximum atomic E-state index is 5.74. The van der Waals surface area contributed by atoms with Crippen molar-refractivity contribution in [2.75, 3.05) is 33.9 Å². The average molecular weight is 173 g/mol. The maximum Gasteiger partial charge on any atom is 0.0491 e. The predicted octanol–water partition coefficient (Wildman–Crippen LogP) is -0.439. The molecular weight excluding hydrogens is 154 g/mol. The Bertz CT molecular complexity index is 132.